The molecular formula is C14H16N2O4. The molecule has 2 amide bonds. The number of nitrogens with one attached hydrogen (secondary N) is 2. The lowest BCUT2D eigenvalue weighted by molar-refractivity contribution is -0.136. The molecule has 0 saturated heterocycles. The lowest BCUT2D eigenvalue weighted by Gasteiger charge is -2.14. The number of carbonyl (C=O) groups excluding carboxylic acids is 2. The molecule has 1 aromatic carbocycles. The highest BCUT2D eigenvalue weighted by Crippen LogP contribution is 2.46. The molecule has 2 rings (SSSR count). The van der Waals surface area contributed by atoms with E-state index >= 15 is 0 Å². The monoisotopic (exact) mass is 276 g/mol. The minimum Gasteiger partial charge on any atom is -0.481 e. The number of carboxylic acids is 1. The number of rotatable bonds is 5. The Bertz CT molecular complexity index is 564. The smallest absolute Gasteiger partial charge is 0.307 e. The Labute approximate surface area is 116 Å². The van der Waals surface area contributed by atoms with E-state index in [9.17, 15) is 14.4 Å². The first-order valence-electron chi connectivity index (χ1n) is 6.32. The summed E-state index contributed by atoms with van der Waals surface area (Å²) in [6.45, 7) is 0. The number of hydrogen-bond donors (Lipinski definition) is 3. The van der Waals surface area contributed by atoms with Crippen molar-refractivity contribution in [3.8, 4) is 0 Å². The van der Waals surface area contributed by atoms with E-state index < -0.39 is 11.4 Å². The molecule has 0 aromatic heterocycles. The van der Waals surface area contributed by atoms with E-state index in [1.54, 1.807) is 24.3 Å². The fourth-order valence-electron chi connectivity index (χ4n) is 2.11. The Morgan fingerprint density at radius 2 is 1.95 bits per heavy atom. The van der Waals surface area contributed by atoms with Crippen LogP contribution in [-0.4, -0.2) is 29.9 Å². The van der Waals surface area contributed by atoms with Crippen LogP contribution in [0.1, 0.15) is 18.4 Å². The Hall–Kier alpha value is -2.37. The first kappa shape index (κ1) is 14.0. The molecule has 1 saturated carbocycles. The standard InChI is InChI=1S/C14H16N2O4/c1-15-12(19)14(5-6-14)13(20)16-10-4-2-3-9(7-10)8-11(17)18/h2-4,7H,5-6,8H2,1H3,(H,15,19)(H,16,20)(H,17,18). The maximum atomic E-state index is 12.1. The van der Waals surface area contributed by atoms with E-state index in [2.05, 4.69) is 10.6 Å². The highest BCUT2D eigenvalue weighted by Gasteiger charge is 2.56. The lowest BCUT2D eigenvalue weighted by atomic mass is 10.0. The predicted molar refractivity (Wildman–Crippen MR) is 72.1 cm³/mol. The van der Waals surface area contributed by atoms with Gasteiger partial charge in [-0.3, -0.25) is 14.4 Å². The van der Waals surface area contributed by atoms with E-state index in [0.717, 1.165) is 0 Å². The average Bonchev–Trinajstić information content (AvgIpc) is 3.19. The first-order valence-corrected chi connectivity index (χ1v) is 6.32. The SMILES string of the molecule is CNC(=O)C1(C(=O)Nc2cccc(CC(=O)O)c2)CC1. The molecule has 1 aliphatic rings. The summed E-state index contributed by atoms with van der Waals surface area (Å²) in [7, 11) is 1.50. The van der Waals surface area contributed by atoms with Gasteiger partial charge in [-0.05, 0) is 30.5 Å². The Morgan fingerprint density at radius 3 is 2.50 bits per heavy atom. The number of hydrogen-bond acceptors (Lipinski definition) is 3. The number of amides is 2. The van der Waals surface area contributed by atoms with Crippen molar-refractivity contribution in [3.63, 3.8) is 0 Å². The molecule has 20 heavy (non-hydrogen) atoms. The van der Waals surface area contributed by atoms with Gasteiger partial charge in [0.15, 0.2) is 0 Å². The third-order valence-corrected chi connectivity index (χ3v) is 3.39. The van der Waals surface area contributed by atoms with Gasteiger partial charge >= 0.3 is 5.97 Å². The second-order valence-electron chi connectivity index (χ2n) is 4.89. The fourth-order valence-corrected chi connectivity index (χ4v) is 2.11. The van der Waals surface area contributed by atoms with Gasteiger partial charge in [-0.1, -0.05) is 12.1 Å². The predicted octanol–water partition coefficient (Wildman–Crippen LogP) is 0.778. The van der Waals surface area contributed by atoms with Crippen LogP contribution in [0.5, 0.6) is 0 Å². The zero-order chi connectivity index (χ0) is 14.8. The van der Waals surface area contributed by atoms with E-state index in [1.807, 2.05) is 0 Å². The van der Waals surface area contributed by atoms with Crippen molar-refractivity contribution in [1.29, 1.82) is 0 Å². The van der Waals surface area contributed by atoms with Crippen molar-refractivity contribution < 1.29 is 19.5 Å². The Kier molecular flexibility index (Phi) is 3.74. The number of aliphatic carboxylic acids is 1. The summed E-state index contributed by atoms with van der Waals surface area (Å²) in [6, 6.07) is 6.62. The number of carboxylic acid groups (broad SMARTS) is 1. The zero-order valence-electron chi connectivity index (χ0n) is 11.1. The van der Waals surface area contributed by atoms with E-state index in [-0.39, 0.29) is 18.2 Å². The molecule has 1 aromatic rings. The van der Waals surface area contributed by atoms with E-state index in [4.69, 9.17) is 5.11 Å². The van der Waals surface area contributed by atoms with Gasteiger partial charge < -0.3 is 15.7 Å². The highest BCUT2D eigenvalue weighted by atomic mass is 16.4. The maximum absolute atomic E-state index is 12.1. The summed E-state index contributed by atoms with van der Waals surface area (Å²) in [5.41, 5.74) is 0.140. The van der Waals surface area contributed by atoms with Crippen LogP contribution in [0.25, 0.3) is 0 Å². The minimum absolute atomic E-state index is 0.107. The Morgan fingerprint density at radius 1 is 1.25 bits per heavy atom. The van der Waals surface area contributed by atoms with Gasteiger partial charge in [0, 0.05) is 12.7 Å². The van der Waals surface area contributed by atoms with Crippen molar-refractivity contribution >= 4 is 23.5 Å². The summed E-state index contributed by atoms with van der Waals surface area (Å²) >= 11 is 0. The van der Waals surface area contributed by atoms with Gasteiger partial charge in [-0.15, -0.1) is 0 Å². The van der Waals surface area contributed by atoms with Crippen molar-refractivity contribution in [3.05, 3.63) is 29.8 Å². The van der Waals surface area contributed by atoms with Gasteiger partial charge in [0.25, 0.3) is 0 Å². The first-order chi connectivity index (χ1) is 9.48. The molecule has 0 radical (unpaired) electrons. The van der Waals surface area contributed by atoms with Gasteiger partial charge in [-0.25, -0.2) is 0 Å². The Balaban J connectivity index is 2.09. The zero-order valence-corrected chi connectivity index (χ0v) is 11.1. The molecular weight excluding hydrogens is 260 g/mol. The molecule has 1 fully saturated rings. The molecule has 0 heterocycles. The van der Waals surface area contributed by atoms with Crippen LogP contribution in [-0.2, 0) is 20.8 Å². The summed E-state index contributed by atoms with van der Waals surface area (Å²) in [6.07, 6.45) is 0.963. The summed E-state index contributed by atoms with van der Waals surface area (Å²) in [4.78, 5) is 34.5. The van der Waals surface area contributed by atoms with Crippen LogP contribution >= 0.6 is 0 Å². The molecule has 0 atom stereocenters. The van der Waals surface area contributed by atoms with Crippen molar-refractivity contribution in [2.24, 2.45) is 5.41 Å². The number of carbonyl (C=O) groups is 3. The maximum Gasteiger partial charge on any atom is 0.307 e. The van der Waals surface area contributed by atoms with Gasteiger partial charge in [0.2, 0.25) is 11.8 Å². The van der Waals surface area contributed by atoms with Crippen LogP contribution in [0.3, 0.4) is 0 Å². The van der Waals surface area contributed by atoms with Crippen LogP contribution in [0.15, 0.2) is 24.3 Å². The molecule has 0 bridgehead atoms. The quantitative estimate of drug-likeness (QED) is 0.692. The largest absolute Gasteiger partial charge is 0.481 e. The second kappa shape index (κ2) is 5.32. The molecule has 6 heteroatoms. The second-order valence-corrected chi connectivity index (χ2v) is 4.89. The minimum atomic E-state index is -0.961. The lowest BCUT2D eigenvalue weighted by Crippen LogP contribution is -2.38. The number of anilines is 1. The molecule has 6 nitrogen and oxygen atoms in total. The third kappa shape index (κ3) is 2.79. The fraction of sp³-hybridized carbons (Fsp3) is 0.357. The molecule has 106 valence electrons. The third-order valence-electron chi connectivity index (χ3n) is 3.39. The van der Waals surface area contributed by atoms with E-state index in [0.29, 0.717) is 24.1 Å². The van der Waals surface area contributed by atoms with Gasteiger partial charge in [-0.2, -0.15) is 0 Å². The van der Waals surface area contributed by atoms with Crippen molar-refractivity contribution in [1.82, 2.24) is 5.32 Å². The molecule has 3 N–H and O–H groups in total. The topological polar surface area (TPSA) is 95.5 Å². The van der Waals surface area contributed by atoms with Crippen LogP contribution in [0.4, 0.5) is 5.69 Å². The molecule has 0 spiro atoms. The van der Waals surface area contributed by atoms with Crippen molar-refractivity contribution in [2.75, 3.05) is 12.4 Å². The molecule has 0 aliphatic heterocycles. The van der Waals surface area contributed by atoms with Crippen molar-refractivity contribution in [2.45, 2.75) is 19.3 Å². The summed E-state index contributed by atoms with van der Waals surface area (Å²) < 4.78 is 0. The van der Waals surface area contributed by atoms with Gasteiger partial charge in [0.05, 0.1) is 6.42 Å². The van der Waals surface area contributed by atoms with Crippen LogP contribution < -0.4 is 10.6 Å². The molecule has 1 aliphatic carbocycles. The van der Waals surface area contributed by atoms with E-state index in [1.165, 1.54) is 7.05 Å². The summed E-state index contributed by atoms with van der Waals surface area (Å²) in [5, 5.41) is 13.9. The molecule has 0 unspecified atom stereocenters. The van der Waals surface area contributed by atoms with Gasteiger partial charge in [0.1, 0.15) is 5.41 Å². The van der Waals surface area contributed by atoms with Crippen LogP contribution in [0, 0.1) is 5.41 Å². The average molecular weight is 276 g/mol. The number of benzene rings is 1. The highest BCUT2D eigenvalue weighted by molar-refractivity contribution is 6.12. The normalized spacial score (nSPS) is 15.2. The summed E-state index contributed by atoms with van der Waals surface area (Å²) in [5.74, 6) is -1.56. The van der Waals surface area contributed by atoms with Crippen LogP contribution in [0.2, 0.25) is 0 Å².